The molecule has 1 aliphatic rings. The third-order valence-corrected chi connectivity index (χ3v) is 13.6. The minimum atomic E-state index is -2.00. The highest BCUT2D eigenvalue weighted by Gasteiger charge is 2.41. The number of nitrogens with zero attached hydrogens (tertiary/aromatic N) is 1. The standard InChI is InChI=1S/C54H72N10O15S2/c1-29(2)21-40-54(79)64(30(3)66)44(24-31-9-5-4-6-10-31)53(78)63-43(28-81)52(77)61-41(26-65)50(75)59-39(25-45(69)70)49(74)58-38(23-33-14-18-35(68)19-15-33)48(73)62-42(27-80)51(76)56-36(11-7-8-20-55)46(71)57-37(47(72)60-40)22-32-12-16-34(67)17-13-32/h4-6,9-10,12-19,29,36-44,65,67-68,80-81H,7-8,11,20-28,55H2,1-3H3,(H,56,76)(H,57,71)(H,58,74)(H,59,75)(H,60,72)(H,61,77)(H,62,73)(H,63,78)(H,69,70)/t36-,37-,38-,39-,40-,41-,42-,43-,44-/m0/s1. The Balaban J connectivity index is 1.92. The van der Waals surface area contributed by atoms with Crippen LogP contribution in [0, 0.1) is 5.92 Å². The van der Waals surface area contributed by atoms with Crippen LogP contribution in [0.5, 0.6) is 11.5 Å². The van der Waals surface area contributed by atoms with Crippen molar-refractivity contribution in [2.75, 3.05) is 24.7 Å². The highest BCUT2D eigenvalue weighted by Crippen LogP contribution is 2.19. The molecule has 440 valence electrons. The van der Waals surface area contributed by atoms with E-state index in [1.165, 1.54) is 48.5 Å². The average Bonchev–Trinajstić information content (AvgIpc) is 3.42. The number of aliphatic hydroxyl groups is 1. The first-order valence-electron chi connectivity index (χ1n) is 26.1. The number of carbonyl (C=O) groups is 11. The zero-order chi connectivity index (χ0) is 59.9. The Kier molecular flexibility index (Phi) is 26.4. The van der Waals surface area contributed by atoms with E-state index in [1.807, 2.05) is 0 Å². The molecule has 0 bridgehead atoms. The van der Waals surface area contributed by atoms with E-state index in [4.69, 9.17) is 5.73 Å². The number of nitrogens with two attached hydrogens (primary N) is 1. The number of carbonyl (C=O) groups excluding carboxylic acids is 10. The summed E-state index contributed by atoms with van der Waals surface area (Å²) < 4.78 is 0. The number of phenols is 2. The normalized spacial score (nSPS) is 23.6. The van der Waals surface area contributed by atoms with Crippen LogP contribution in [0.3, 0.4) is 0 Å². The van der Waals surface area contributed by atoms with Gasteiger partial charge in [-0.1, -0.05) is 68.4 Å². The van der Waals surface area contributed by atoms with Crippen LogP contribution in [0.2, 0.25) is 0 Å². The number of aliphatic hydroxyl groups excluding tert-OH is 1. The van der Waals surface area contributed by atoms with E-state index in [0.29, 0.717) is 28.0 Å². The largest absolute Gasteiger partial charge is 0.508 e. The van der Waals surface area contributed by atoms with Crippen molar-refractivity contribution in [3.63, 3.8) is 0 Å². The monoisotopic (exact) mass is 1160 g/mol. The first-order valence-corrected chi connectivity index (χ1v) is 27.4. The maximum Gasteiger partial charge on any atom is 0.305 e. The number of benzene rings is 3. The van der Waals surface area contributed by atoms with E-state index in [0.717, 1.165) is 6.92 Å². The summed E-state index contributed by atoms with van der Waals surface area (Å²) in [5.74, 6) is -13.8. The van der Waals surface area contributed by atoms with Gasteiger partial charge in [-0.15, -0.1) is 0 Å². The summed E-state index contributed by atoms with van der Waals surface area (Å²) in [5.41, 5.74) is 6.98. The fourth-order valence-corrected chi connectivity index (χ4v) is 9.10. The van der Waals surface area contributed by atoms with Crippen LogP contribution in [-0.2, 0) is 72.0 Å². The van der Waals surface area contributed by atoms with E-state index in [1.54, 1.807) is 44.2 Å². The molecule has 0 aromatic heterocycles. The Morgan fingerprint density at radius 3 is 1.38 bits per heavy atom. The fraction of sp³-hybridized carbons (Fsp3) is 0.463. The number of thiol groups is 2. The topological polar surface area (TPSA) is 394 Å². The lowest BCUT2D eigenvalue weighted by Crippen LogP contribution is -2.63. The number of unbranched alkanes of at least 4 members (excludes halogenated alkanes) is 1. The summed E-state index contributed by atoms with van der Waals surface area (Å²) in [5, 5.41) is 60.0. The molecule has 0 saturated carbocycles. The molecule has 1 saturated heterocycles. The van der Waals surface area contributed by atoms with Crippen molar-refractivity contribution >= 4 is 90.3 Å². The number of rotatable bonds is 17. The molecule has 0 aliphatic carbocycles. The van der Waals surface area contributed by atoms with Crippen molar-refractivity contribution in [2.24, 2.45) is 11.7 Å². The Morgan fingerprint density at radius 1 is 0.531 bits per heavy atom. The van der Waals surface area contributed by atoms with Gasteiger partial charge in [-0.05, 0) is 79.1 Å². The molecule has 1 fully saturated rings. The lowest BCUT2D eigenvalue weighted by Gasteiger charge is -2.34. The molecule has 1 aliphatic heterocycles. The quantitative estimate of drug-likeness (QED) is 0.0527. The van der Waals surface area contributed by atoms with Gasteiger partial charge in [0.15, 0.2) is 0 Å². The molecule has 14 N–H and O–H groups in total. The second kappa shape index (κ2) is 32.5. The number of aliphatic carboxylic acids is 1. The summed E-state index contributed by atoms with van der Waals surface area (Å²) in [4.78, 5) is 156. The lowest BCUT2D eigenvalue weighted by molar-refractivity contribution is -0.153. The zero-order valence-corrected chi connectivity index (χ0v) is 46.8. The van der Waals surface area contributed by atoms with Crippen LogP contribution >= 0.6 is 25.3 Å². The average molecular weight is 1170 g/mol. The van der Waals surface area contributed by atoms with Gasteiger partial charge in [-0.25, -0.2) is 0 Å². The minimum Gasteiger partial charge on any atom is -0.508 e. The van der Waals surface area contributed by atoms with Gasteiger partial charge in [0.25, 0.3) is 5.91 Å². The number of carboxylic acid groups (broad SMARTS) is 1. The highest BCUT2D eigenvalue weighted by molar-refractivity contribution is 7.80. The van der Waals surface area contributed by atoms with E-state index in [2.05, 4.69) is 67.8 Å². The highest BCUT2D eigenvalue weighted by atomic mass is 32.1. The molecule has 1 heterocycles. The maximum absolute atomic E-state index is 15.0. The summed E-state index contributed by atoms with van der Waals surface area (Å²) in [6.45, 7) is 3.50. The SMILES string of the molecule is CC(=O)N1C(=O)[C@H](CC(C)C)NC(=O)[C@H](Cc2ccc(O)cc2)NC(=O)[C@H](CCCCN)NC(=O)[C@H](CS)NC(=O)[C@H](Cc2ccc(O)cc2)NC(=O)[C@H](CC(=O)O)NC(=O)[C@H](CO)NC(=O)[C@H](CS)NC(=O)[C@@H]1Cc1ccccc1. The first-order chi connectivity index (χ1) is 38.5. The number of amides is 10. The van der Waals surface area contributed by atoms with Crippen LogP contribution in [0.25, 0.3) is 0 Å². The molecule has 4 rings (SSSR count). The smallest absolute Gasteiger partial charge is 0.305 e. The van der Waals surface area contributed by atoms with Crippen molar-refractivity contribution in [3.05, 3.63) is 95.6 Å². The van der Waals surface area contributed by atoms with Gasteiger partial charge < -0.3 is 68.7 Å². The second-order valence-corrected chi connectivity index (χ2v) is 20.5. The van der Waals surface area contributed by atoms with Gasteiger partial charge >= 0.3 is 5.97 Å². The van der Waals surface area contributed by atoms with E-state index in [9.17, 15) is 68.4 Å². The number of aromatic hydroxyl groups is 2. The number of carboxylic acids is 1. The molecule has 0 spiro atoms. The van der Waals surface area contributed by atoms with Crippen molar-refractivity contribution in [1.29, 1.82) is 0 Å². The van der Waals surface area contributed by atoms with Crippen molar-refractivity contribution in [3.8, 4) is 11.5 Å². The Morgan fingerprint density at radius 2 is 0.926 bits per heavy atom. The van der Waals surface area contributed by atoms with E-state index >= 15 is 4.79 Å². The van der Waals surface area contributed by atoms with Gasteiger partial charge in [-0.2, -0.15) is 25.3 Å². The molecule has 9 atom stereocenters. The van der Waals surface area contributed by atoms with E-state index < -0.39 is 144 Å². The lowest BCUT2D eigenvalue weighted by atomic mass is 9.98. The zero-order valence-electron chi connectivity index (χ0n) is 45.0. The molecular weight excluding hydrogens is 1090 g/mol. The van der Waals surface area contributed by atoms with Crippen LogP contribution in [0.4, 0.5) is 0 Å². The Labute approximate surface area is 478 Å². The number of hydrogen-bond acceptors (Lipinski definition) is 17. The Hall–Kier alpha value is -7.75. The van der Waals surface area contributed by atoms with Crippen molar-refractivity contribution in [2.45, 2.75) is 127 Å². The number of phenolic OH excluding ortho intramolecular Hbond substituents is 2. The van der Waals surface area contributed by atoms with Crippen molar-refractivity contribution in [1.82, 2.24) is 47.4 Å². The van der Waals surface area contributed by atoms with Crippen molar-refractivity contribution < 1.29 is 73.2 Å². The molecule has 0 radical (unpaired) electrons. The van der Waals surface area contributed by atoms with Crippen LogP contribution in [0.1, 0.15) is 69.6 Å². The summed E-state index contributed by atoms with van der Waals surface area (Å²) in [6.07, 6.45) is -1.61. The third kappa shape index (κ3) is 20.7. The number of imide groups is 1. The second-order valence-electron chi connectivity index (χ2n) is 19.7. The maximum atomic E-state index is 15.0. The number of nitrogens with one attached hydrogen (secondary N) is 8. The molecular formula is C54H72N10O15S2. The van der Waals surface area contributed by atoms with Gasteiger partial charge in [0, 0.05) is 37.7 Å². The van der Waals surface area contributed by atoms with Gasteiger partial charge in [0.1, 0.15) is 65.9 Å². The number of hydrogen-bond donors (Lipinski definition) is 15. The molecule has 25 nitrogen and oxygen atoms in total. The molecule has 81 heavy (non-hydrogen) atoms. The minimum absolute atomic E-state index is 0.0645. The molecule has 3 aromatic carbocycles. The van der Waals surface area contributed by atoms with Gasteiger partial charge in [0.2, 0.25) is 53.2 Å². The molecule has 27 heteroatoms. The predicted molar refractivity (Wildman–Crippen MR) is 300 cm³/mol. The predicted octanol–water partition coefficient (Wildman–Crippen LogP) is -1.74. The fourth-order valence-electron chi connectivity index (χ4n) is 8.58. The summed E-state index contributed by atoms with van der Waals surface area (Å²) in [6, 6.07) is 4.13. The third-order valence-electron chi connectivity index (χ3n) is 12.8. The van der Waals surface area contributed by atoms with Gasteiger partial charge in [0.05, 0.1) is 13.0 Å². The van der Waals surface area contributed by atoms with Crippen LogP contribution in [-0.4, -0.2) is 169 Å². The summed E-state index contributed by atoms with van der Waals surface area (Å²) in [7, 11) is 0. The van der Waals surface area contributed by atoms with Gasteiger partial charge in [-0.3, -0.25) is 57.6 Å². The molecule has 0 unspecified atom stereocenters. The first kappa shape index (κ1) is 65.8. The molecule has 3 aromatic rings. The Bertz CT molecular complexity index is 2690. The van der Waals surface area contributed by atoms with E-state index in [-0.39, 0.29) is 62.5 Å². The summed E-state index contributed by atoms with van der Waals surface area (Å²) >= 11 is 8.52. The van der Waals surface area contributed by atoms with Crippen LogP contribution < -0.4 is 48.3 Å². The van der Waals surface area contributed by atoms with Crippen LogP contribution in [0.15, 0.2) is 78.9 Å². The molecule has 10 amide bonds.